The van der Waals surface area contributed by atoms with Crippen LogP contribution in [0.5, 0.6) is 0 Å². The normalized spacial score (nSPS) is 12.4. The van der Waals surface area contributed by atoms with Crippen molar-refractivity contribution in [3.8, 4) is 0 Å². The molecule has 0 aromatic heterocycles. The molecule has 0 saturated carbocycles. The van der Waals surface area contributed by atoms with Crippen LogP contribution in [-0.4, -0.2) is 5.11 Å². The Morgan fingerprint density at radius 1 is 1.06 bits per heavy atom. The Balaban J connectivity index is 2.34. The highest BCUT2D eigenvalue weighted by Crippen LogP contribution is 2.35. The summed E-state index contributed by atoms with van der Waals surface area (Å²) in [6.45, 7) is 1.78. The molecule has 0 aliphatic heterocycles. The van der Waals surface area contributed by atoms with Gasteiger partial charge in [-0.2, -0.15) is 0 Å². The molecule has 0 spiro atoms. The molecule has 2 aromatic carbocycles. The number of benzene rings is 2. The van der Waals surface area contributed by atoms with Crippen LogP contribution in [-0.2, 0) is 0 Å². The van der Waals surface area contributed by atoms with Crippen LogP contribution in [0.15, 0.2) is 61.2 Å². The van der Waals surface area contributed by atoms with E-state index in [9.17, 15) is 5.11 Å². The maximum atomic E-state index is 9.82. The first kappa shape index (κ1) is 14.1. The van der Waals surface area contributed by atoms with Gasteiger partial charge in [0.25, 0.3) is 0 Å². The van der Waals surface area contributed by atoms with Gasteiger partial charge in [-0.15, -0.1) is 0 Å². The third-order valence-corrected chi connectivity index (χ3v) is 4.51. The number of halogens is 2. The number of hydrogen-bond donors (Lipinski definition) is 1. The standard InChI is InChI=1S/C14H12Br2OS/c1-9(17)13-8-11(16)5-6-14(13)18-12-4-2-3-10(15)7-12/h2-9,17H,1H3. The fourth-order valence-corrected chi connectivity index (χ4v) is 3.60. The van der Waals surface area contributed by atoms with E-state index in [2.05, 4.69) is 44.0 Å². The second-order valence-electron chi connectivity index (χ2n) is 3.92. The molecule has 1 unspecified atom stereocenters. The second-order valence-corrected chi connectivity index (χ2v) is 6.86. The maximum absolute atomic E-state index is 9.82. The summed E-state index contributed by atoms with van der Waals surface area (Å²) in [4.78, 5) is 2.22. The van der Waals surface area contributed by atoms with Crippen LogP contribution in [0, 0.1) is 0 Å². The Labute approximate surface area is 128 Å². The van der Waals surface area contributed by atoms with Crippen LogP contribution < -0.4 is 0 Å². The van der Waals surface area contributed by atoms with Crippen molar-refractivity contribution >= 4 is 43.6 Å². The molecule has 1 atom stereocenters. The molecule has 0 bridgehead atoms. The van der Waals surface area contributed by atoms with Gasteiger partial charge < -0.3 is 5.11 Å². The van der Waals surface area contributed by atoms with E-state index in [-0.39, 0.29) is 0 Å². The molecule has 0 fully saturated rings. The lowest BCUT2D eigenvalue weighted by Gasteiger charge is -2.12. The quantitative estimate of drug-likeness (QED) is 0.758. The van der Waals surface area contributed by atoms with Gasteiger partial charge in [-0.3, -0.25) is 0 Å². The molecule has 0 saturated heterocycles. The van der Waals surface area contributed by atoms with Crippen molar-refractivity contribution in [3.63, 3.8) is 0 Å². The fraction of sp³-hybridized carbons (Fsp3) is 0.143. The van der Waals surface area contributed by atoms with Crippen molar-refractivity contribution in [1.29, 1.82) is 0 Å². The Bertz CT molecular complexity index is 555. The summed E-state index contributed by atoms with van der Waals surface area (Å²) in [5.41, 5.74) is 0.939. The predicted octanol–water partition coefficient (Wildman–Crippen LogP) is 5.42. The molecule has 1 N–H and O–H groups in total. The molecule has 0 aliphatic carbocycles. The number of hydrogen-bond acceptors (Lipinski definition) is 2. The average Bonchev–Trinajstić information content (AvgIpc) is 2.31. The summed E-state index contributed by atoms with van der Waals surface area (Å²) >= 11 is 8.55. The summed E-state index contributed by atoms with van der Waals surface area (Å²) in [6.07, 6.45) is -0.475. The molecule has 2 aromatic rings. The van der Waals surface area contributed by atoms with Gasteiger partial charge in [-0.1, -0.05) is 49.7 Å². The molecular formula is C14H12Br2OS. The van der Waals surface area contributed by atoms with E-state index in [0.29, 0.717) is 0 Å². The highest BCUT2D eigenvalue weighted by atomic mass is 79.9. The summed E-state index contributed by atoms with van der Waals surface area (Å²) in [5, 5.41) is 9.82. The van der Waals surface area contributed by atoms with Crippen LogP contribution in [0.3, 0.4) is 0 Å². The molecule has 4 heteroatoms. The van der Waals surface area contributed by atoms with Gasteiger partial charge in [0.2, 0.25) is 0 Å². The van der Waals surface area contributed by atoms with Gasteiger partial charge in [0.1, 0.15) is 0 Å². The highest BCUT2D eigenvalue weighted by Gasteiger charge is 2.10. The minimum atomic E-state index is -0.475. The first-order valence-electron chi connectivity index (χ1n) is 5.47. The van der Waals surface area contributed by atoms with Crippen LogP contribution >= 0.6 is 43.6 Å². The summed E-state index contributed by atoms with van der Waals surface area (Å²) < 4.78 is 2.04. The Morgan fingerprint density at radius 3 is 2.44 bits per heavy atom. The molecule has 0 heterocycles. The summed E-state index contributed by atoms with van der Waals surface area (Å²) in [6, 6.07) is 14.1. The SMILES string of the molecule is CC(O)c1cc(Br)ccc1Sc1cccc(Br)c1. The molecule has 0 aliphatic rings. The van der Waals surface area contributed by atoms with Gasteiger partial charge in [0.15, 0.2) is 0 Å². The molecular weight excluding hydrogens is 376 g/mol. The number of aliphatic hydroxyl groups is 1. The molecule has 0 radical (unpaired) electrons. The first-order valence-corrected chi connectivity index (χ1v) is 7.87. The van der Waals surface area contributed by atoms with E-state index in [1.807, 2.05) is 30.3 Å². The Hall–Kier alpha value is -0.290. The van der Waals surface area contributed by atoms with Crippen LogP contribution in [0.25, 0.3) is 0 Å². The smallest absolute Gasteiger partial charge is 0.0773 e. The summed E-state index contributed by atoms with van der Waals surface area (Å²) in [5.74, 6) is 0. The van der Waals surface area contributed by atoms with E-state index >= 15 is 0 Å². The van der Waals surface area contributed by atoms with Crippen molar-refractivity contribution in [2.45, 2.75) is 22.8 Å². The number of aliphatic hydroxyl groups excluding tert-OH is 1. The van der Waals surface area contributed by atoms with Gasteiger partial charge in [0, 0.05) is 18.7 Å². The van der Waals surface area contributed by atoms with Crippen molar-refractivity contribution in [2.24, 2.45) is 0 Å². The monoisotopic (exact) mass is 386 g/mol. The van der Waals surface area contributed by atoms with E-state index in [4.69, 9.17) is 0 Å². The minimum absolute atomic E-state index is 0.475. The van der Waals surface area contributed by atoms with Gasteiger partial charge in [-0.05, 0) is 48.9 Å². The Kier molecular flexibility index (Phi) is 4.90. The van der Waals surface area contributed by atoms with Crippen molar-refractivity contribution in [2.75, 3.05) is 0 Å². The van der Waals surface area contributed by atoms with Crippen LogP contribution in [0.4, 0.5) is 0 Å². The fourth-order valence-electron chi connectivity index (χ4n) is 1.60. The molecule has 18 heavy (non-hydrogen) atoms. The minimum Gasteiger partial charge on any atom is -0.389 e. The van der Waals surface area contributed by atoms with Crippen molar-refractivity contribution in [3.05, 3.63) is 57.0 Å². The van der Waals surface area contributed by atoms with E-state index in [1.54, 1.807) is 18.7 Å². The molecule has 0 amide bonds. The van der Waals surface area contributed by atoms with Crippen molar-refractivity contribution < 1.29 is 5.11 Å². The average molecular weight is 388 g/mol. The number of rotatable bonds is 3. The Morgan fingerprint density at radius 2 is 1.78 bits per heavy atom. The van der Waals surface area contributed by atoms with Crippen molar-refractivity contribution in [1.82, 2.24) is 0 Å². The first-order chi connectivity index (χ1) is 8.56. The van der Waals surface area contributed by atoms with E-state index in [1.165, 1.54) is 0 Å². The molecule has 94 valence electrons. The topological polar surface area (TPSA) is 20.2 Å². The van der Waals surface area contributed by atoms with Gasteiger partial charge >= 0.3 is 0 Å². The lowest BCUT2D eigenvalue weighted by molar-refractivity contribution is 0.196. The third-order valence-electron chi connectivity index (χ3n) is 2.45. The largest absolute Gasteiger partial charge is 0.389 e. The zero-order valence-electron chi connectivity index (χ0n) is 9.73. The predicted molar refractivity (Wildman–Crippen MR) is 83.0 cm³/mol. The van der Waals surface area contributed by atoms with Crippen LogP contribution in [0.2, 0.25) is 0 Å². The third kappa shape index (κ3) is 3.60. The van der Waals surface area contributed by atoms with Gasteiger partial charge in [-0.25, -0.2) is 0 Å². The van der Waals surface area contributed by atoms with E-state index < -0.39 is 6.10 Å². The lowest BCUT2D eigenvalue weighted by atomic mass is 10.1. The summed E-state index contributed by atoms with van der Waals surface area (Å²) in [7, 11) is 0. The zero-order chi connectivity index (χ0) is 13.1. The zero-order valence-corrected chi connectivity index (χ0v) is 13.7. The van der Waals surface area contributed by atoms with Crippen LogP contribution in [0.1, 0.15) is 18.6 Å². The molecule has 1 nitrogen and oxygen atoms in total. The van der Waals surface area contributed by atoms with Gasteiger partial charge in [0.05, 0.1) is 6.10 Å². The lowest BCUT2D eigenvalue weighted by Crippen LogP contribution is -1.94. The molecule has 2 rings (SSSR count). The van der Waals surface area contributed by atoms with E-state index in [0.717, 1.165) is 24.3 Å². The maximum Gasteiger partial charge on any atom is 0.0773 e. The second kappa shape index (κ2) is 6.24. The highest BCUT2D eigenvalue weighted by molar-refractivity contribution is 9.10.